The Hall–Kier alpha value is -1.55. The summed E-state index contributed by atoms with van der Waals surface area (Å²) in [7, 11) is 1.72. The molecule has 0 aliphatic heterocycles. The lowest BCUT2D eigenvalue weighted by atomic mass is 10.2. The smallest absolute Gasteiger partial charge is 0.234 e. The van der Waals surface area contributed by atoms with Crippen molar-refractivity contribution in [1.29, 1.82) is 0 Å². The molecule has 1 rings (SSSR count). The number of carbonyl (C=O) groups is 2. The second kappa shape index (κ2) is 7.01. The molecule has 0 spiro atoms. The molecule has 0 fully saturated rings. The van der Waals surface area contributed by atoms with Gasteiger partial charge in [0.25, 0.3) is 0 Å². The van der Waals surface area contributed by atoms with E-state index in [0.717, 1.165) is 11.3 Å². The maximum Gasteiger partial charge on any atom is 0.234 e. The Balaban J connectivity index is 2.46. The van der Waals surface area contributed by atoms with E-state index in [4.69, 9.17) is 11.6 Å². The highest BCUT2D eigenvalue weighted by atomic mass is 35.5. The van der Waals surface area contributed by atoms with Gasteiger partial charge in [0, 0.05) is 25.7 Å². The van der Waals surface area contributed by atoms with Crippen molar-refractivity contribution in [2.45, 2.75) is 13.3 Å². The molecule has 0 aliphatic rings. The molecule has 0 aromatic heterocycles. The highest BCUT2D eigenvalue weighted by Crippen LogP contribution is 2.13. The highest BCUT2D eigenvalue weighted by molar-refractivity contribution is 6.27. The van der Waals surface area contributed by atoms with E-state index in [1.165, 1.54) is 0 Å². The van der Waals surface area contributed by atoms with Gasteiger partial charge in [0.2, 0.25) is 11.8 Å². The number of anilines is 1. The summed E-state index contributed by atoms with van der Waals surface area (Å²) >= 11 is 5.33. The Kier molecular flexibility index (Phi) is 5.65. The SMILES string of the molecule is Cc1ccc(N(C)C(=O)CCNC(=O)CCl)cc1. The van der Waals surface area contributed by atoms with Crippen molar-refractivity contribution in [3.8, 4) is 0 Å². The fourth-order valence-corrected chi connectivity index (χ4v) is 1.53. The van der Waals surface area contributed by atoms with Crippen LogP contribution in [0.3, 0.4) is 0 Å². The van der Waals surface area contributed by atoms with Crippen LogP contribution in [0.1, 0.15) is 12.0 Å². The normalized spacial score (nSPS) is 9.94. The lowest BCUT2D eigenvalue weighted by molar-refractivity contribution is -0.119. The zero-order valence-corrected chi connectivity index (χ0v) is 11.3. The lowest BCUT2D eigenvalue weighted by Crippen LogP contribution is -2.32. The molecule has 0 aliphatic carbocycles. The summed E-state index contributed by atoms with van der Waals surface area (Å²) in [5, 5.41) is 2.56. The first-order valence-electron chi connectivity index (χ1n) is 5.70. The molecule has 0 unspecified atom stereocenters. The summed E-state index contributed by atoms with van der Waals surface area (Å²) in [5.41, 5.74) is 1.99. The predicted molar refractivity (Wildman–Crippen MR) is 72.9 cm³/mol. The molecule has 98 valence electrons. The van der Waals surface area contributed by atoms with Crippen LogP contribution in [0, 0.1) is 6.92 Å². The summed E-state index contributed by atoms with van der Waals surface area (Å²) in [6.45, 7) is 2.30. The molecule has 0 radical (unpaired) electrons. The molecule has 5 heteroatoms. The molecule has 18 heavy (non-hydrogen) atoms. The van der Waals surface area contributed by atoms with Crippen LogP contribution < -0.4 is 10.2 Å². The topological polar surface area (TPSA) is 49.4 Å². The molecular formula is C13H17ClN2O2. The van der Waals surface area contributed by atoms with E-state index in [-0.39, 0.29) is 24.1 Å². The van der Waals surface area contributed by atoms with Crippen LogP contribution in [-0.4, -0.2) is 31.3 Å². The number of amides is 2. The standard InChI is InChI=1S/C13H17ClN2O2/c1-10-3-5-11(6-4-10)16(2)13(18)7-8-15-12(17)9-14/h3-6H,7-9H2,1-2H3,(H,15,17). The lowest BCUT2D eigenvalue weighted by Gasteiger charge is -2.17. The first-order chi connectivity index (χ1) is 8.54. The molecular weight excluding hydrogens is 252 g/mol. The molecule has 0 saturated carbocycles. The number of hydrogen-bond acceptors (Lipinski definition) is 2. The second-order valence-electron chi connectivity index (χ2n) is 4.02. The molecule has 2 amide bonds. The maximum absolute atomic E-state index is 11.8. The van der Waals surface area contributed by atoms with Crippen LogP contribution in [0.25, 0.3) is 0 Å². The number of benzene rings is 1. The van der Waals surface area contributed by atoms with Gasteiger partial charge in [-0.1, -0.05) is 17.7 Å². The fraction of sp³-hybridized carbons (Fsp3) is 0.385. The van der Waals surface area contributed by atoms with Gasteiger partial charge >= 0.3 is 0 Å². The number of carbonyl (C=O) groups excluding carboxylic acids is 2. The van der Waals surface area contributed by atoms with Crippen molar-refractivity contribution in [3.05, 3.63) is 29.8 Å². The van der Waals surface area contributed by atoms with Gasteiger partial charge in [-0.25, -0.2) is 0 Å². The molecule has 1 aromatic rings. The molecule has 1 aromatic carbocycles. The number of hydrogen-bond donors (Lipinski definition) is 1. The van der Waals surface area contributed by atoms with Gasteiger partial charge < -0.3 is 10.2 Å². The van der Waals surface area contributed by atoms with Crippen molar-refractivity contribution >= 4 is 29.1 Å². The van der Waals surface area contributed by atoms with E-state index >= 15 is 0 Å². The number of halogens is 1. The minimum absolute atomic E-state index is 0.0475. The average Bonchev–Trinajstić information content (AvgIpc) is 2.38. The van der Waals surface area contributed by atoms with Gasteiger partial charge in [0.05, 0.1) is 0 Å². The third-order valence-corrected chi connectivity index (χ3v) is 2.82. The van der Waals surface area contributed by atoms with Gasteiger partial charge in [-0.15, -0.1) is 11.6 Å². The Labute approximate surface area is 112 Å². The van der Waals surface area contributed by atoms with Gasteiger partial charge in [0.15, 0.2) is 0 Å². The number of rotatable bonds is 5. The van der Waals surface area contributed by atoms with E-state index in [1.807, 2.05) is 31.2 Å². The average molecular weight is 269 g/mol. The first kappa shape index (κ1) is 14.5. The van der Waals surface area contributed by atoms with Crippen LogP contribution in [0.4, 0.5) is 5.69 Å². The van der Waals surface area contributed by atoms with Crippen molar-refractivity contribution < 1.29 is 9.59 Å². The maximum atomic E-state index is 11.8. The molecule has 4 nitrogen and oxygen atoms in total. The van der Waals surface area contributed by atoms with E-state index < -0.39 is 0 Å². The van der Waals surface area contributed by atoms with Crippen molar-refractivity contribution in [1.82, 2.24) is 5.32 Å². The van der Waals surface area contributed by atoms with Crippen molar-refractivity contribution in [3.63, 3.8) is 0 Å². The summed E-state index contributed by atoms with van der Waals surface area (Å²) in [5.74, 6) is -0.390. The van der Waals surface area contributed by atoms with Gasteiger partial charge in [-0.3, -0.25) is 9.59 Å². The van der Waals surface area contributed by atoms with E-state index in [1.54, 1.807) is 11.9 Å². The van der Waals surface area contributed by atoms with Gasteiger partial charge in [-0.2, -0.15) is 0 Å². The van der Waals surface area contributed by atoms with Crippen LogP contribution >= 0.6 is 11.6 Å². The van der Waals surface area contributed by atoms with Crippen molar-refractivity contribution in [2.24, 2.45) is 0 Å². The molecule has 1 N–H and O–H groups in total. The fourth-order valence-electron chi connectivity index (χ4n) is 1.44. The highest BCUT2D eigenvalue weighted by Gasteiger charge is 2.10. The zero-order chi connectivity index (χ0) is 13.5. The number of alkyl halides is 1. The number of nitrogens with zero attached hydrogens (tertiary/aromatic N) is 1. The summed E-state index contributed by atoms with van der Waals surface area (Å²) < 4.78 is 0. The predicted octanol–water partition coefficient (Wildman–Crippen LogP) is 1.70. The molecule has 0 saturated heterocycles. The van der Waals surface area contributed by atoms with Crippen LogP contribution in [0.5, 0.6) is 0 Å². The molecule has 0 atom stereocenters. The largest absolute Gasteiger partial charge is 0.355 e. The molecule has 0 bridgehead atoms. The minimum Gasteiger partial charge on any atom is -0.355 e. The third-order valence-electron chi connectivity index (χ3n) is 2.58. The van der Waals surface area contributed by atoms with Crippen LogP contribution in [0.15, 0.2) is 24.3 Å². The number of aryl methyl sites for hydroxylation is 1. The van der Waals surface area contributed by atoms with Crippen molar-refractivity contribution in [2.75, 3.05) is 24.4 Å². The first-order valence-corrected chi connectivity index (χ1v) is 6.24. The van der Waals surface area contributed by atoms with E-state index in [0.29, 0.717) is 6.54 Å². The monoisotopic (exact) mass is 268 g/mol. The van der Waals surface area contributed by atoms with E-state index in [2.05, 4.69) is 5.32 Å². The zero-order valence-electron chi connectivity index (χ0n) is 10.6. The van der Waals surface area contributed by atoms with Crippen LogP contribution in [-0.2, 0) is 9.59 Å². The summed E-state index contributed by atoms with van der Waals surface area (Å²) in [6.07, 6.45) is 0.257. The summed E-state index contributed by atoms with van der Waals surface area (Å²) in [6, 6.07) is 7.69. The Morgan fingerprint density at radius 2 is 1.89 bits per heavy atom. The number of nitrogens with one attached hydrogen (secondary N) is 1. The van der Waals surface area contributed by atoms with Gasteiger partial charge in [0.1, 0.15) is 5.88 Å². The quantitative estimate of drug-likeness (QED) is 0.827. The molecule has 0 heterocycles. The summed E-state index contributed by atoms with van der Waals surface area (Å²) in [4.78, 5) is 24.3. The minimum atomic E-state index is -0.262. The van der Waals surface area contributed by atoms with Gasteiger partial charge in [-0.05, 0) is 19.1 Å². The Morgan fingerprint density at radius 3 is 2.44 bits per heavy atom. The van der Waals surface area contributed by atoms with Crippen LogP contribution in [0.2, 0.25) is 0 Å². The Bertz CT molecular complexity index is 418. The third kappa shape index (κ3) is 4.37. The van der Waals surface area contributed by atoms with E-state index in [9.17, 15) is 9.59 Å². The second-order valence-corrected chi connectivity index (χ2v) is 4.29. The Morgan fingerprint density at radius 1 is 1.28 bits per heavy atom.